The van der Waals surface area contributed by atoms with Gasteiger partial charge in [-0.3, -0.25) is 0 Å². The number of imidazole rings is 1. The molecule has 0 spiro atoms. The van der Waals surface area contributed by atoms with Crippen LogP contribution in [-0.4, -0.2) is 27.3 Å². The van der Waals surface area contributed by atoms with E-state index in [2.05, 4.69) is 4.98 Å². The van der Waals surface area contributed by atoms with Crippen LogP contribution in [0.15, 0.2) is 24.3 Å². The summed E-state index contributed by atoms with van der Waals surface area (Å²) in [5.41, 5.74) is 0.791. The smallest absolute Gasteiger partial charge is 0.472 e. The second-order valence-electron chi connectivity index (χ2n) is 2.91. The molecule has 6 nitrogen and oxygen atoms in total. The standard InChI is InChI=1S/C9H6N2O4/c12-8(13)7-10-5-3-1-2-4-6(5)11(7)9(14)15/h1-4H,(H2,12,13,14,15)/p+1. The Hall–Kier alpha value is -2.37. The highest BCUT2D eigenvalue weighted by molar-refractivity contribution is 5.87. The van der Waals surface area contributed by atoms with Crippen molar-refractivity contribution in [2.45, 2.75) is 0 Å². The second kappa shape index (κ2) is 3.09. The number of H-pyrrole nitrogens is 1. The predicted molar refractivity (Wildman–Crippen MR) is 48.9 cm³/mol. The Balaban J connectivity index is 2.86. The van der Waals surface area contributed by atoms with Crippen molar-refractivity contribution >= 4 is 23.1 Å². The number of carbonyl (C=O) groups is 2. The Morgan fingerprint density at radius 1 is 1.20 bits per heavy atom. The van der Waals surface area contributed by atoms with Gasteiger partial charge in [0, 0.05) is 0 Å². The summed E-state index contributed by atoms with van der Waals surface area (Å²) in [5, 5.41) is 17.7. The van der Waals surface area contributed by atoms with Crippen LogP contribution in [0.3, 0.4) is 0 Å². The van der Waals surface area contributed by atoms with Crippen LogP contribution in [0, 0.1) is 0 Å². The molecule has 1 heterocycles. The van der Waals surface area contributed by atoms with Crippen molar-refractivity contribution in [1.82, 2.24) is 4.98 Å². The van der Waals surface area contributed by atoms with Crippen molar-refractivity contribution < 1.29 is 24.4 Å². The number of benzene rings is 1. The molecular formula is C9H7N2O4+. The first-order chi connectivity index (χ1) is 7.11. The zero-order chi connectivity index (χ0) is 11.0. The highest BCUT2D eigenvalue weighted by Crippen LogP contribution is 2.08. The lowest BCUT2D eigenvalue weighted by Crippen LogP contribution is -2.45. The van der Waals surface area contributed by atoms with Crippen LogP contribution in [0.4, 0.5) is 4.79 Å². The lowest BCUT2D eigenvalue weighted by Gasteiger charge is -1.89. The molecule has 0 radical (unpaired) electrons. The molecule has 1 aromatic heterocycles. The molecule has 3 N–H and O–H groups in total. The third-order valence-electron chi connectivity index (χ3n) is 2.02. The van der Waals surface area contributed by atoms with Gasteiger partial charge in [-0.1, -0.05) is 12.1 Å². The fourth-order valence-corrected chi connectivity index (χ4v) is 1.43. The van der Waals surface area contributed by atoms with E-state index in [0.29, 0.717) is 15.6 Å². The molecule has 2 rings (SSSR count). The molecule has 1 aromatic carbocycles. The maximum absolute atomic E-state index is 10.9. The van der Waals surface area contributed by atoms with Crippen molar-refractivity contribution in [3.63, 3.8) is 0 Å². The first-order valence-electron chi connectivity index (χ1n) is 4.10. The van der Waals surface area contributed by atoms with Gasteiger partial charge >= 0.3 is 17.9 Å². The van der Waals surface area contributed by atoms with Crippen molar-refractivity contribution in [2.24, 2.45) is 0 Å². The van der Waals surface area contributed by atoms with E-state index in [1.54, 1.807) is 18.2 Å². The van der Waals surface area contributed by atoms with Crippen LogP contribution >= 0.6 is 0 Å². The van der Waals surface area contributed by atoms with Gasteiger partial charge in [-0.2, -0.15) is 4.79 Å². The van der Waals surface area contributed by atoms with E-state index in [4.69, 9.17) is 10.2 Å². The minimum Gasteiger partial charge on any atom is -0.472 e. The topological polar surface area (TPSA) is 94.3 Å². The van der Waals surface area contributed by atoms with Gasteiger partial charge in [0.15, 0.2) is 11.0 Å². The highest BCUT2D eigenvalue weighted by atomic mass is 16.4. The number of hydrogen-bond acceptors (Lipinski definition) is 2. The number of para-hydroxylation sites is 2. The summed E-state index contributed by atoms with van der Waals surface area (Å²) in [6.45, 7) is 0. The number of fused-ring (bicyclic) bond motifs is 1. The van der Waals surface area contributed by atoms with Gasteiger partial charge in [0.1, 0.15) is 0 Å². The van der Waals surface area contributed by atoms with Crippen LogP contribution in [0.1, 0.15) is 10.6 Å². The highest BCUT2D eigenvalue weighted by Gasteiger charge is 2.29. The second-order valence-corrected chi connectivity index (χ2v) is 2.91. The minimum atomic E-state index is -1.33. The Kier molecular flexibility index (Phi) is 1.89. The van der Waals surface area contributed by atoms with Crippen LogP contribution in [-0.2, 0) is 0 Å². The van der Waals surface area contributed by atoms with Gasteiger partial charge in [-0.25, -0.2) is 9.78 Å². The average molecular weight is 207 g/mol. The number of nitrogens with zero attached hydrogens (tertiary/aromatic N) is 1. The summed E-state index contributed by atoms with van der Waals surface area (Å²) in [7, 11) is 0. The lowest BCUT2D eigenvalue weighted by atomic mass is 10.3. The third kappa shape index (κ3) is 1.32. The van der Waals surface area contributed by atoms with Crippen LogP contribution in [0.2, 0.25) is 0 Å². The van der Waals surface area contributed by atoms with E-state index in [1.807, 2.05) is 0 Å². The van der Waals surface area contributed by atoms with E-state index in [9.17, 15) is 9.59 Å². The van der Waals surface area contributed by atoms with Gasteiger partial charge in [0.2, 0.25) is 0 Å². The van der Waals surface area contributed by atoms with Gasteiger partial charge in [0.25, 0.3) is 0 Å². The maximum atomic E-state index is 10.9. The predicted octanol–water partition coefficient (Wildman–Crippen LogP) is 0.680. The SMILES string of the molecule is O=C(O)c1[nH]c2ccccc2[n+]1C(=O)O. The van der Waals surface area contributed by atoms with Crippen LogP contribution in [0.5, 0.6) is 0 Å². The largest absolute Gasteiger partial charge is 0.510 e. The number of rotatable bonds is 1. The summed E-state index contributed by atoms with van der Waals surface area (Å²) >= 11 is 0. The molecule has 15 heavy (non-hydrogen) atoms. The van der Waals surface area contributed by atoms with E-state index in [-0.39, 0.29) is 5.82 Å². The van der Waals surface area contributed by atoms with Gasteiger partial charge in [0.05, 0.1) is 0 Å². The zero-order valence-corrected chi connectivity index (χ0v) is 7.47. The molecule has 0 bridgehead atoms. The minimum absolute atomic E-state index is 0.322. The molecule has 0 aliphatic carbocycles. The van der Waals surface area contributed by atoms with Gasteiger partial charge in [-0.05, 0) is 12.1 Å². The summed E-state index contributed by atoms with van der Waals surface area (Å²) < 4.78 is 0.706. The molecular weight excluding hydrogens is 200 g/mol. The quantitative estimate of drug-likeness (QED) is 0.599. The number of nitrogens with one attached hydrogen (secondary N) is 1. The van der Waals surface area contributed by atoms with Crippen molar-refractivity contribution in [2.75, 3.05) is 0 Å². The van der Waals surface area contributed by atoms with Crippen LogP contribution < -0.4 is 4.57 Å². The number of aromatic nitrogens is 2. The third-order valence-corrected chi connectivity index (χ3v) is 2.02. The summed E-state index contributed by atoms with van der Waals surface area (Å²) in [4.78, 5) is 24.2. The average Bonchev–Trinajstić information content (AvgIpc) is 2.56. The molecule has 0 fully saturated rings. The summed E-state index contributed by atoms with van der Waals surface area (Å²) in [5.74, 6) is -1.68. The Morgan fingerprint density at radius 2 is 1.87 bits per heavy atom. The molecule has 0 unspecified atom stereocenters. The van der Waals surface area contributed by atoms with E-state index in [1.165, 1.54) is 6.07 Å². The lowest BCUT2D eigenvalue weighted by molar-refractivity contribution is -0.559. The van der Waals surface area contributed by atoms with Gasteiger partial charge in [-0.15, -0.1) is 4.57 Å². The molecule has 0 amide bonds. The zero-order valence-electron chi connectivity index (χ0n) is 7.47. The fourth-order valence-electron chi connectivity index (χ4n) is 1.43. The molecule has 0 saturated carbocycles. The monoisotopic (exact) mass is 207 g/mol. The fraction of sp³-hybridized carbons (Fsp3) is 0. The molecule has 76 valence electrons. The molecule has 0 saturated heterocycles. The summed E-state index contributed by atoms with van der Waals surface area (Å²) in [6.07, 6.45) is -1.33. The van der Waals surface area contributed by atoms with Crippen LogP contribution in [0.25, 0.3) is 11.0 Å². The number of carboxylic acids is 1. The molecule has 6 heteroatoms. The Bertz CT molecular complexity index is 558. The first-order valence-corrected chi connectivity index (χ1v) is 4.10. The van der Waals surface area contributed by atoms with Crippen molar-refractivity contribution in [1.29, 1.82) is 0 Å². The molecule has 0 atom stereocenters. The molecule has 0 aliphatic rings. The van der Waals surface area contributed by atoms with Gasteiger partial charge < -0.3 is 10.2 Å². The number of aromatic amines is 1. The number of aromatic carboxylic acids is 1. The Morgan fingerprint density at radius 3 is 2.47 bits per heavy atom. The summed E-state index contributed by atoms with van der Waals surface area (Å²) in [6, 6.07) is 6.48. The van der Waals surface area contributed by atoms with Crippen molar-refractivity contribution in [3.8, 4) is 0 Å². The maximum Gasteiger partial charge on any atom is 0.510 e. The van der Waals surface area contributed by atoms with Crippen molar-refractivity contribution in [3.05, 3.63) is 30.1 Å². The molecule has 0 aliphatic heterocycles. The van der Waals surface area contributed by atoms with E-state index >= 15 is 0 Å². The Labute approximate surface area is 83.4 Å². The van der Waals surface area contributed by atoms with E-state index in [0.717, 1.165) is 0 Å². The first kappa shape index (κ1) is 9.20. The number of carboxylic acid groups (broad SMARTS) is 2. The number of hydrogen-bond donors (Lipinski definition) is 3. The molecule has 2 aromatic rings. The van der Waals surface area contributed by atoms with E-state index < -0.39 is 12.1 Å². The normalized spacial score (nSPS) is 10.4.